The summed E-state index contributed by atoms with van der Waals surface area (Å²) in [5.41, 5.74) is 1.17. The highest BCUT2D eigenvalue weighted by atomic mass is 16.2. The lowest BCUT2D eigenvalue weighted by molar-refractivity contribution is -0.131. The Bertz CT molecular complexity index is 407. The molecule has 0 spiro atoms. The molecule has 0 aliphatic carbocycles. The van der Waals surface area contributed by atoms with E-state index in [1.165, 1.54) is 5.56 Å². The number of likely N-dealkylation sites (N-methyl/N-ethyl adjacent to an activating group) is 1. The van der Waals surface area contributed by atoms with Gasteiger partial charge >= 0.3 is 0 Å². The molecule has 4 heteroatoms. The van der Waals surface area contributed by atoms with Crippen LogP contribution in [0.1, 0.15) is 12.5 Å². The van der Waals surface area contributed by atoms with E-state index in [9.17, 15) is 4.79 Å². The van der Waals surface area contributed by atoms with Crippen molar-refractivity contribution in [2.75, 3.05) is 33.2 Å². The van der Waals surface area contributed by atoms with E-state index in [2.05, 4.69) is 29.3 Å². The summed E-state index contributed by atoms with van der Waals surface area (Å²) in [4.78, 5) is 16.2. The molecule has 1 N–H and O–H groups in total. The number of piperazine rings is 1. The third kappa shape index (κ3) is 4.33. The lowest BCUT2D eigenvalue weighted by Gasteiger charge is -2.32. The molecule has 1 aliphatic rings. The van der Waals surface area contributed by atoms with Gasteiger partial charge in [0.1, 0.15) is 0 Å². The summed E-state index contributed by atoms with van der Waals surface area (Å²) in [5.74, 6) is 0.193. The monoisotopic (exact) mass is 261 g/mol. The molecule has 1 aliphatic heterocycles. The van der Waals surface area contributed by atoms with Crippen LogP contribution in [0.4, 0.5) is 0 Å². The Morgan fingerprint density at radius 1 is 1.42 bits per heavy atom. The minimum absolute atomic E-state index is 0.193. The van der Waals surface area contributed by atoms with Gasteiger partial charge in [0.25, 0.3) is 0 Å². The van der Waals surface area contributed by atoms with Gasteiger partial charge in [-0.1, -0.05) is 30.3 Å². The predicted octanol–water partition coefficient (Wildman–Crippen LogP) is 0.939. The van der Waals surface area contributed by atoms with Crippen LogP contribution in [-0.2, 0) is 11.3 Å². The average molecular weight is 261 g/mol. The SMILES string of the molecule is C[C@@H]1CN(CC(=O)N(C)Cc2ccccc2)CCN1. The molecule has 19 heavy (non-hydrogen) atoms. The molecule has 1 fully saturated rings. The number of carbonyl (C=O) groups is 1. The van der Waals surface area contributed by atoms with Gasteiger partial charge in [-0.25, -0.2) is 0 Å². The van der Waals surface area contributed by atoms with Gasteiger partial charge in [-0.15, -0.1) is 0 Å². The summed E-state index contributed by atoms with van der Waals surface area (Å²) in [7, 11) is 1.88. The molecule has 104 valence electrons. The zero-order valence-corrected chi connectivity index (χ0v) is 11.8. The summed E-state index contributed by atoms with van der Waals surface area (Å²) >= 11 is 0. The fourth-order valence-electron chi connectivity index (χ4n) is 2.41. The largest absolute Gasteiger partial charge is 0.340 e. The summed E-state index contributed by atoms with van der Waals surface area (Å²) < 4.78 is 0. The highest BCUT2D eigenvalue weighted by Crippen LogP contribution is 2.04. The average Bonchev–Trinajstić information content (AvgIpc) is 2.40. The van der Waals surface area contributed by atoms with Crippen molar-refractivity contribution in [1.82, 2.24) is 15.1 Å². The minimum Gasteiger partial charge on any atom is -0.340 e. The predicted molar refractivity (Wildman–Crippen MR) is 76.8 cm³/mol. The van der Waals surface area contributed by atoms with Gasteiger partial charge in [-0.2, -0.15) is 0 Å². The first-order chi connectivity index (χ1) is 9.15. The number of rotatable bonds is 4. The molecule has 4 nitrogen and oxygen atoms in total. The summed E-state index contributed by atoms with van der Waals surface area (Å²) in [6, 6.07) is 10.6. The molecule has 0 aromatic heterocycles. The van der Waals surface area contributed by atoms with Crippen molar-refractivity contribution in [1.29, 1.82) is 0 Å². The molecule has 1 atom stereocenters. The summed E-state index contributed by atoms with van der Waals surface area (Å²) in [6.07, 6.45) is 0. The third-order valence-electron chi connectivity index (χ3n) is 3.50. The molecule has 1 amide bonds. The van der Waals surface area contributed by atoms with Crippen LogP contribution in [0.3, 0.4) is 0 Å². The third-order valence-corrected chi connectivity index (χ3v) is 3.50. The van der Waals surface area contributed by atoms with Crippen LogP contribution in [0.2, 0.25) is 0 Å². The van der Waals surface area contributed by atoms with Crippen LogP contribution in [0, 0.1) is 0 Å². The van der Waals surface area contributed by atoms with Crippen LogP contribution >= 0.6 is 0 Å². The number of amides is 1. The second-order valence-electron chi connectivity index (χ2n) is 5.33. The number of carbonyl (C=O) groups excluding carboxylic acids is 1. The molecule has 0 saturated carbocycles. The molecular formula is C15H23N3O. The van der Waals surface area contributed by atoms with Gasteiger partial charge in [0, 0.05) is 39.3 Å². The van der Waals surface area contributed by atoms with Gasteiger partial charge in [0.15, 0.2) is 0 Å². The lowest BCUT2D eigenvalue weighted by atomic mass is 10.2. The van der Waals surface area contributed by atoms with Gasteiger partial charge < -0.3 is 10.2 Å². The number of nitrogens with one attached hydrogen (secondary N) is 1. The molecule has 0 bridgehead atoms. The normalized spacial score (nSPS) is 20.2. The molecule has 1 saturated heterocycles. The van der Waals surface area contributed by atoms with Crippen LogP contribution in [0.25, 0.3) is 0 Å². The van der Waals surface area contributed by atoms with Crippen molar-refractivity contribution in [3.05, 3.63) is 35.9 Å². The molecule has 1 heterocycles. The van der Waals surface area contributed by atoms with Crippen molar-refractivity contribution in [2.24, 2.45) is 0 Å². The maximum atomic E-state index is 12.2. The molecule has 0 radical (unpaired) electrons. The Morgan fingerprint density at radius 2 is 2.16 bits per heavy atom. The van der Waals surface area contributed by atoms with E-state index in [0.717, 1.165) is 19.6 Å². The Balaban J connectivity index is 1.82. The highest BCUT2D eigenvalue weighted by Gasteiger charge is 2.19. The van der Waals surface area contributed by atoms with E-state index in [1.807, 2.05) is 30.1 Å². The second-order valence-corrected chi connectivity index (χ2v) is 5.33. The Hall–Kier alpha value is -1.39. The van der Waals surface area contributed by atoms with Crippen molar-refractivity contribution >= 4 is 5.91 Å². The van der Waals surface area contributed by atoms with Gasteiger partial charge in [-0.05, 0) is 12.5 Å². The van der Waals surface area contributed by atoms with Crippen molar-refractivity contribution in [2.45, 2.75) is 19.5 Å². The van der Waals surface area contributed by atoms with Gasteiger partial charge in [0.2, 0.25) is 5.91 Å². The molecular weight excluding hydrogens is 238 g/mol. The van der Waals surface area contributed by atoms with E-state index in [-0.39, 0.29) is 5.91 Å². The number of hydrogen-bond donors (Lipinski definition) is 1. The van der Waals surface area contributed by atoms with Crippen molar-refractivity contribution < 1.29 is 4.79 Å². The maximum Gasteiger partial charge on any atom is 0.236 e. The second kappa shape index (κ2) is 6.68. The fraction of sp³-hybridized carbons (Fsp3) is 0.533. The smallest absolute Gasteiger partial charge is 0.236 e. The van der Waals surface area contributed by atoms with E-state index in [0.29, 0.717) is 19.1 Å². The first-order valence-electron chi connectivity index (χ1n) is 6.89. The van der Waals surface area contributed by atoms with Crippen LogP contribution in [0.5, 0.6) is 0 Å². The quantitative estimate of drug-likeness (QED) is 0.876. The van der Waals surface area contributed by atoms with Crippen LogP contribution in [0.15, 0.2) is 30.3 Å². The summed E-state index contributed by atoms with van der Waals surface area (Å²) in [5, 5.41) is 3.39. The van der Waals surface area contributed by atoms with E-state index < -0.39 is 0 Å². The molecule has 0 unspecified atom stereocenters. The first kappa shape index (κ1) is 14.0. The number of nitrogens with zero attached hydrogens (tertiary/aromatic N) is 2. The molecule has 1 aromatic carbocycles. The standard InChI is InChI=1S/C15H23N3O/c1-13-10-18(9-8-16-13)12-15(19)17(2)11-14-6-4-3-5-7-14/h3-7,13,16H,8-12H2,1-2H3/t13-/m1/s1. The van der Waals surface area contributed by atoms with Crippen LogP contribution < -0.4 is 5.32 Å². The Kier molecular flexibility index (Phi) is 4.93. The topological polar surface area (TPSA) is 35.6 Å². The van der Waals surface area contributed by atoms with E-state index >= 15 is 0 Å². The Labute approximate surface area is 115 Å². The minimum atomic E-state index is 0.193. The van der Waals surface area contributed by atoms with E-state index in [1.54, 1.807) is 0 Å². The van der Waals surface area contributed by atoms with Gasteiger partial charge in [-0.3, -0.25) is 9.69 Å². The Morgan fingerprint density at radius 3 is 2.84 bits per heavy atom. The van der Waals surface area contributed by atoms with E-state index in [4.69, 9.17) is 0 Å². The highest BCUT2D eigenvalue weighted by molar-refractivity contribution is 5.78. The van der Waals surface area contributed by atoms with Crippen molar-refractivity contribution in [3.63, 3.8) is 0 Å². The zero-order chi connectivity index (χ0) is 13.7. The van der Waals surface area contributed by atoms with Crippen LogP contribution in [-0.4, -0.2) is 55.0 Å². The fourth-order valence-corrected chi connectivity index (χ4v) is 2.41. The number of benzene rings is 1. The molecule has 1 aromatic rings. The maximum absolute atomic E-state index is 12.2. The first-order valence-corrected chi connectivity index (χ1v) is 6.89. The van der Waals surface area contributed by atoms with Gasteiger partial charge in [0.05, 0.1) is 6.54 Å². The summed E-state index contributed by atoms with van der Waals surface area (Å²) in [6.45, 7) is 6.23. The number of hydrogen-bond acceptors (Lipinski definition) is 3. The zero-order valence-electron chi connectivity index (χ0n) is 11.8. The molecule has 2 rings (SSSR count). The van der Waals surface area contributed by atoms with Crippen molar-refractivity contribution in [3.8, 4) is 0 Å². The lowest BCUT2D eigenvalue weighted by Crippen LogP contribution is -2.51.